The summed E-state index contributed by atoms with van der Waals surface area (Å²) in [6.07, 6.45) is 0. The molecule has 1 N–H and O–H groups in total. The lowest BCUT2D eigenvalue weighted by molar-refractivity contribution is -0.124. The third-order valence-corrected chi connectivity index (χ3v) is 4.33. The van der Waals surface area contributed by atoms with Gasteiger partial charge in [0, 0.05) is 6.54 Å². The number of fused-ring (bicyclic) bond motifs is 1. The van der Waals surface area contributed by atoms with E-state index in [0.717, 1.165) is 5.56 Å². The fourth-order valence-electron chi connectivity index (χ4n) is 2.87. The molecular weight excluding hydrogens is 394 g/mol. The minimum atomic E-state index is -0.630. The predicted octanol–water partition coefficient (Wildman–Crippen LogP) is 1.96. The van der Waals surface area contributed by atoms with Crippen LogP contribution in [0.25, 0.3) is 0 Å². The van der Waals surface area contributed by atoms with Crippen LogP contribution in [0.1, 0.15) is 15.9 Å². The monoisotopic (exact) mass is 417 g/mol. The van der Waals surface area contributed by atoms with Crippen molar-refractivity contribution in [3.63, 3.8) is 0 Å². The topological polar surface area (TPSA) is 102 Å². The second-order valence-corrected chi connectivity index (χ2v) is 6.24. The van der Waals surface area contributed by atoms with E-state index in [1.165, 1.54) is 27.4 Å². The number of rotatable bonds is 8. The van der Waals surface area contributed by atoms with Gasteiger partial charge in [-0.05, 0) is 35.9 Å². The molecule has 3 rings (SSSR count). The third kappa shape index (κ3) is 4.86. The molecule has 1 aliphatic rings. The summed E-state index contributed by atoms with van der Waals surface area (Å²) in [6.45, 7) is 0.645. The van der Waals surface area contributed by atoms with Gasteiger partial charge in [-0.15, -0.1) is 0 Å². The lowest BCUT2D eigenvalue weighted by Gasteiger charge is -2.18. The van der Waals surface area contributed by atoms with Crippen LogP contribution >= 0.6 is 0 Å². The lowest BCUT2D eigenvalue weighted by Crippen LogP contribution is -2.28. The van der Waals surface area contributed by atoms with Crippen LogP contribution in [0.3, 0.4) is 0 Å². The molecular formula is C21H23NO8. The molecule has 0 saturated carbocycles. The molecule has 9 heteroatoms. The molecule has 30 heavy (non-hydrogen) atoms. The Kier molecular flexibility index (Phi) is 6.84. The Labute approximate surface area is 173 Å². The molecule has 0 saturated heterocycles. The standard InChI is InChI=1S/C21H23NO8/c1-25-17-8-13(9-18(26-2)20(17)27-3)11-22-19(23)12-30-21(24)14-4-5-15-16(10-14)29-7-6-28-15/h4-5,8-10H,6-7,11-12H2,1-3H3,(H,22,23). The van der Waals surface area contributed by atoms with E-state index in [0.29, 0.717) is 42.0 Å². The average molecular weight is 417 g/mol. The SMILES string of the molecule is COc1cc(CNC(=O)COC(=O)c2ccc3c(c2)OCCO3)cc(OC)c1OC. The van der Waals surface area contributed by atoms with Gasteiger partial charge in [0.1, 0.15) is 13.2 Å². The van der Waals surface area contributed by atoms with Crippen molar-refractivity contribution in [3.05, 3.63) is 41.5 Å². The summed E-state index contributed by atoms with van der Waals surface area (Å²) in [4.78, 5) is 24.3. The van der Waals surface area contributed by atoms with E-state index < -0.39 is 18.5 Å². The van der Waals surface area contributed by atoms with Crippen LogP contribution in [0, 0.1) is 0 Å². The molecule has 1 aliphatic heterocycles. The Morgan fingerprint density at radius 2 is 1.60 bits per heavy atom. The van der Waals surface area contributed by atoms with E-state index in [1.54, 1.807) is 24.3 Å². The van der Waals surface area contributed by atoms with E-state index >= 15 is 0 Å². The highest BCUT2D eigenvalue weighted by Crippen LogP contribution is 2.38. The fourth-order valence-corrected chi connectivity index (χ4v) is 2.87. The Balaban J connectivity index is 1.54. The number of benzene rings is 2. The normalized spacial score (nSPS) is 12.0. The Bertz CT molecular complexity index is 902. The zero-order valence-corrected chi connectivity index (χ0v) is 17.0. The summed E-state index contributed by atoms with van der Waals surface area (Å²) in [5, 5.41) is 2.68. The minimum absolute atomic E-state index is 0.192. The van der Waals surface area contributed by atoms with Gasteiger partial charge in [-0.1, -0.05) is 0 Å². The molecule has 0 fully saturated rings. The highest BCUT2D eigenvalue weighted by Gasteiger charge is 2.17. The van der Waals surface area contributed by atoms with Crippen LogP contribution in [0.15, 0.2) is 30.3 Å². The molecule has 0 atom stereocenters. The van der Waals surface area contributed by atoms with Crippen molar-refractivity contribution in [2.45, 2.75) is 6.54 Å². The largest absolute Gasteiger partial charge is 0.493 e. The van der Waals surface area contributed by atoms with Crippen LogP contribution < -0.4 is 29.0 Å². The molecule has 0 unspecified atom stereocenters. The summed E-state index contributed by atoms with van der Waals surface area (Å²) < 4.78 is 31.8. The molecule has 0 aliphatic carbocycles. The number of nitrogens with one attached hydrogen (secondary N) is 1. The average Bonchev–Trinajstić information content (AvgIpc) is 2.79. The maximum Gasteiger partial charge on any atom is 0.338 e. The minimum Gasteiger partial charge on any atom is -0.493 e. The molecule has 160 valence electrons. The second kappa shape index (κ2) is 9.73. The van der Waals surface area contributed by atoms with Crippen LogP contribution in [-0.2, 0) is 16.1 Å². The summed E-state index contributed by atoms with van der Waals surface area (Å²) in [6, 6.07) is 8.18. The third-order valence-electron chi connectivity index (χ3n) is 4.33. The number of amides is 1. The van der Waals surface area contributed by atoms with Gasteiger partial charge >= 0.3 is 5.97 Å². The van der Waals surface area contributed by atoms with E-state index in [-0.39, 0.29) is 12.1 Å². The fraction of sp³-hybridized carbons (Fsp3) is 0.333. The summed E-state index contributed by atoms with van der Waals surface area (Å²) >= 11 is 0. The molecule has 2 aromatic rings. The molecule has 9 nitrogen and oxygen atoms in total. The number of esters is 1. The highest BCUT2D eigenvalue weighted by molar-refractivity contribution is 5.92. The number of hydrogen-bond donors (Lipinski definition) is 1. The summed E-state index contributed by atoms with van der Waals surface area (Å²) in [5.74, 6) is 1.38. The number of carbonyl (C=O) groups is 2. The van der Waals surface area contributed by atoms with Gasteiger partial charge in [-0.2, -0.15) is 0 Å². The number of ether oxygens (including phenoxy) is 6. The van der Waals surface area contributed by atoms with Crippen molar-refractivity contribution in [2.75, 3.05) is 41.2 Å². The zero-order valence-electron chi connectivity index (χ0n) is 17.0. The van der Waals surface area contributed by atoms with Gasteiger partial charge in [0.2, 0.25) is 5.75 Å². The van der Waals surface area contributed by atoms with E-state index in [4.69, 9.17) is 28.4 Å². The molecule has 1 amide bonds. The van der Waals surface area contributed by atoms with Crippen molar-refractivity contribution >= 4 is 11.9 Å². The zero-order chi connectivity index (χ0) is 21.5. The molecule has 0 spiro atoms. The quantitative estimate of drug-likeness (QED) is 0.651. The van der Waals surface area contributed by atoms with Crippen molar-refractivity contribution in [3.8, 4) is 28.7 Å². The maximum absolute atomic E-state index is 12.2. The second-order valence-electron chi connectivity index (χ2n) is 6.24. The summed E-state index contributed by atoms with van der Waals surface area (Å²) in [7, 11) is 4.53. The van der Waals surface area contributed by atoms with Gasteiger partial charge < -0.3 is 33.7 Å². The first kappa shape index (κ1) is 21.1. The molecule has 0 radical (unpaired) electrons. The van der Waals surface area contributed by atoms with Crippen molar-refractivity contribution < 1.29 is 38.0 Å². The number of methoxy groups -OCH3 is 3. The Morgan fingerprint density at radius 3 is 2.23 bits per heavy atom. The first-order chi connectivity index (χ1) is 14.5. The molecule has 1 heterocycles. The Morgan fingerprint density at radius 1 is 0.933 bits per heavy atom. The van der Waals surface area contributed by atoms with Crippen molar-refractivity contribution in [2.24, 2.45) is 0 Å². The van der Waals surface area contributed by atoms with E-state index in [9.17, 15) is 9.59 Å². The highest BCUT2D eigenvalue weighted by atomic mass is 16.6. The smallest absolute Gasteiger partial charge is 0.338 e. The van der Waals surface area contributed by atoms with Gasteiger partial charge in [-0.25, -0.2) is 4.79 Å². The van der Waals surface area contributed by atoms with Crippen molar-refractivity contribution in [1.29, 1.82) is 0 Å². The molecule has 0 bridgehead atoms. The lowest BCUT2D eigenvalue weighted by atomic mass is 10.1. The molecule has 2 aromatic carbocycles. The van der Waals surface area contributed by atoms with Gasteiger partial charge in [-0.3, -0.25) is 4.79 Å². The van der Waals surface area contributed by atoms with Crippen LogP contribution in [0.2, 0.25) is 0 Å². The number of hydrogen-bond acceptors (Lipinski definition) is 8. The van der Waals surface area contributed by atoms with Crippen LogP contribution in [-0.4, -0.2) is 53.0 Å². The van der Waals surface area contributed by atoms with E-state index in [1.807, 2.05) is 0 Å². The van der Waals surface area contributed by atoms with Gasteiger partial charge in [0.25, 0.3) is 5.91 Å². The molecule has 0 aromatic heterocycles. The van der Waals surface area contributed by atoms with Crippen LogP contribution in [0.5, 0.6) is 28.7 Å². The summed E-state index contributed by atoms with van der Waals surface area (Å²) in [5.41, 5.74) is 1.01. The van der Waals surface area contributed by atoms with E-state index in [2.05, 4.69) is 5.32 Å². The predicted molar refractivity (Wildman–Crippen MR) is 106 cm³/mol. The van der Waals surface area contributed by atoms with Crippen molar-refractivity contribution in [1.82, 2.24) is 5.32 Å². The first-order valence-corrected chi connectivity index (χ1v) is 9.18. The van der Waals surface area contributed by atoms with Crippen LogP contribution in [0.4, 0.5) is 0 Å². The Hall–Kier alpha value is -3.62. The first-order valence-electron chi connectivity index (χ1n) is 9.18. The maximum atomic E-state index is 12.2. The van der Waals surface area contributed by atoms with Gasteiger partial charge in [0.05, 0.1) is 26.9 Å². The number of carbonyl (C=O) groups excluding carboxylic acids is 2. The van der Waals surface area contributed by atoms with Gasteiger partial charge in [0.15, 0.2) is 29.6 Å².